The zero-order valence-electron chi connectivity index (χ0n) is 17.7. The molecule has 2 heterocycles. The van der Waals surface area contributed by atoms with Crippen LogP contribution in [-0.2, 0) is 16.1 Å². The van der Waals surface area contributed by atoms with Crippen LogP contribution >= 0.6 is 11.3 Å². The van der Waals surface area contributed by atoms with Gasteiger partial charge in [0.25, 0.3) is 0 Å². The second-order valence-electron chi connectivity index (χ2n) is 7.74. The Morgan fingerprint density at radius 1 is 1.38 bits per heavy atom. The number of rotatable bonds is 11. The van der Waals surface area contributed by atoms with E-state index in [0.717, 1.165) is 25.7 Å². The number of carbonyl (C=O) groups is 2. The van der Waals surface area contributed by atoms with Crippen molar-refractivity contribution in [1.82, 2.24) is 25.4 Å². The van der Waals surface area contributed by atoms with Crippen LogP contribution in [0, 0.1) is 24.6 Å². The van der Waals surface area contributed by atoms with Crippen LogP contribution in [-0.4, -0.2) is 44.1 Å². The Bertz CT molecular complexity index is 937. The Hall–Kier alpha value is -3.06. The number of hydrogen-bond acceptors (Lipinski definition) is 10. The van der Waals surface area contributed by atoms with Gasteiger partial charge in [-0.15, -0.1) is 11.3 Å². The quantitative estimate of drug-likeness (QED) is 0.190. The summed E-state index contributed by atoms with van der Waals surface area (Å²) in [6, 6.07) is 0. The lowest BCUT2D eigenvalue weighted by Gasteiger charge is -2.22. The molecule has 11 nitrogen and oxygen atoms in total. The van der Waals surface area contributed by atoms with Crippen molar-refractivity contribution in [3.63, 3.8) is 0 Å². The molecular formula is C19H27FN8O3S. The first-order chi connectivity index (χ1) is 15.4. The number of aryl methyl sites for hydroxylation is 1. The van der Waals surface area contributed by atoms with Crippen LogP contribution in [0.4, 0.5) is 21.2 Å². The van der Waals surface area contributed by atoms with Crippen LogP contribution in [0.5, 0.6) is 0 Å². The van der Waals surface area contributed by atoms with Crippen molar-refractivity contribution in [1.29, 1.82) is 0 Å². The summed E-state index contributed by atoms with van der Waals surface area (Å²) in [6.07, 6.45) is 4.98. The van der Waals surface area contributed by atoms with Crippen LogP contribution in [0.25, 0.3) is 0 Å². The Labute approximate surface area is 188 Å². The molecule has 0 spiro atoms. The third-order valence-electron chi connectivity index (χ3n) is 5.27. The fourth-order valence-electron chi connectivity index (χ4n) is 3.74. The molecule has 1 aliphatic rings. The van der Waals surface area contributed by atoms with Crippen molar-refractivity contribution in [2.45, 2.75) is 45.6 Å². The molecule has 0 aromatic carbocycles. The summed E-state index contributed by atoms with van der Waals surface area (Å²) in [4.78, 5) is 35.7. The summed E-state index contributed by atoms with van der Waals surface area (Å²) in [7, 11) is 0. The molecule has 6 N–H and O–H groups in total. The van der Waals surface area contributed by atoms with Gasteiger partial charge in [0, 0.05) is 5.38 Å². The number of nitrogens with zero attached hydrogens (tertiary/aromatic N) is 4. The first-order valence-electron chi connectivity index (χ1n) is 10.3. The fraction of sp³-hybridized carbons (Fsp3) is 0.526. The highest BCUT2D eigenvalue weighted by Crippen LogP contribution is 2.30. The lowest BCUT2D eigenvalue weighted by atomic mass is 9.92. The molecule has 0 bridgehead atoms. The van der Waals surface area contributed by atoms with Gasteiger partial charge in [-0.05, 0) is 19.3 Å². The first-order valence-corrected chi connectivity index (χ1v) is 11.2. The van der Waals surface area contributed by atoms with E-state index in [1.165, 1.54) is 11.3 Å². The van der Waals surface area contributed by atoms with E-state index in [1.54, 1.807) is 12.3 Å². The average molecular weight is 467 g/mol. The maximum Gasteiger partial charge on any atom is 0.243 e. The number of anilines is 3. The third kappa shape index (κ3) is 6.47. The summed E-state index contributed by atoms with van der Waals surface area (Å²) < 4.78 is 14.9. The van der Waals surface area contributed by atoms with Crippen LogP contribution in [0.1, 0.15) is 43.6 Å². The van der Waals surface area contributed by atoms with Gasteiger partial charge in [-0.3, -0.25) is 25.6 Å². The molecule has 1 fully saturated rings. The van der Waals surface area contributed by atoms with Gasteiger partial charge in [0.2, 0.25) is 18.1 Å². The van der Waals surface area contributed by atoms with Gasteiger partial charge >= 0.3 is 0 Å². The van der Waals surface area contributed by atoms with Crippen molar-refractivity contribution < 1.29 is 19.2 Å². The minimum absolute atomic E-state index is 0.0502. The standard InChI is InChI=1S/C19H27FN8O3S/c1-11-23-16(22-7-14-9-32-19(21)25-14)15(20)17(24-11)26-27-18(30)13(8-28(31)10-29)6-12-4-2-3-5-12/h9-10,12-13,31H,2-8H2,1H3,(H2,21,25)(H,27,30)(H2,22,23,24,26)/t13-/m0/s1. The number of nitrogens with two attached hydrogens (primary N) is 1. The highest BCUT2D eigenvalue weighted by Gasteiger charge is 2.27. The molecule has 0 unspecified atom stereocenters. The van der Waals surface area contributed by atoms with Gasteiger partial charge in [0.15, 0.2) is 16.8 Å². The molecule has 2 aromatic heterocycles. The molecule has 1 aliphatic carbocycles. The topological polar surface area (TPSA) is 158 Å². The number of amides is 2. The molecule has 0 aliphatic heterocycles. The highest BCUT2D eigenvalue weighted by atomic mass is 32.1. The van der Waals surface area contributed by atoms with E-state index in [0.29, 0.717) is 28.2 Å². The van der Waals surface area contributed by atoms with Gasteiger partial charge in [-0.1, -0.05) is 25.7 Å². The van der Waals surface area contributed by atoms with Crippen LogP contribution < -0.4 is 21.9 Å². The molecule has 1 atom stereocenters. The Morgan fingerprint density at radius 2 is 2.09 bits per heavy atom. The van der Waals surface area contributed by atoms with E-state index in [-0.39, 0.29) is 37.0 Å². The molecule has 0 radical (unpaired) electrons. The molecule has 1 saturated carbocycles. The summed E-state index contributed by atoms with van der Waals surface area (Å²) in [6.45, 7) is 1.66. The molecule has 0 saturated heterocycles. The van der Waals surface area contributed by atoms with Crippen molar-refractivity contribution in [3.05, 3.63) is 22.7 Å². The second kappa shape index (κ2) is 11.0. The SMILES string of the molecule is Cc1nc(NCc2csc(N)n2)c(F)c(NNC(=O)[C@@H](CC2CCCC2)CN(O)C=O)n1. The number of carbonyl (C=O) groups excluding carboxylic acids is 2. The Morgan fingerprint density at radius 3 is 2.75 bits per heavy atom. The molecule has 32 heavy (non-hydrogen) atoms. The fourth-order valence-corrected chi connectivity index (χ4v) is 4.30. The lowest BCUT2D eigenvalue weighted by Crippen LogP contribution is -2.41. The van der Waals surface area contributed by atoms with Crippen molar-refractivity contribution >= 4 is 40.4 Å². The number of aromatic nitrogens is 3. The van der Waals surface area contributed by atoms with E-state index in [1.807, 2.05) is 0 Å². The maximum atomic E-state index is 14.9. The van der Waals surface area contributed by atoms with Crippen molar-refractivity contribution in [3.8, 4) is 0 Å². The summed E-state index contributed by atoms with van der Waals surface area (Å²) in [5.41, 5.74) is 11.2. The van der Waals surface area contributed by atoms with Crippen LogP contribution in [0.2, 0.25) is 0 Å². The van der Waals surface area contributed by atoms with E-state index in [2.05, 4.69) is 31.1 Å². The van der Waals surface area contributed by atoms with Crippen LogP contribution in [0.3, 0.4) is 0 Å². The van der Waals surface area contributed by atoms with Gasteiger partial charge in [-0.25, -0.2) is 20.0 Å². The molecule has 174 valence electrons. The molecule has 2 aromatic rings. The molecule has 3 rings (SSSR count). The number of hydrogen-bond donors (Lipinski definition) is 5. The predicted octanol–water partition coefficient (Wildman–Crippen LogP) is 2.06. The number of halogens is 1. The zero-order chi connectivity index (χ0) is 23.1. The average Bonchev–Trinajstić information content (AvgIpc) is 3.43. The van der Waals surface area contributed by atoms with E-state index < -0.39 is 17.6 Å². The highest BCUT2D eigenvalue weighted by molar-refractivity contribution is 7.13. The van der Waals surface area contributed by atoms with E-state index >= 15 is 0 Å². The van der Waals surface area contributed by atoms with E-state index in [4.69, 9.17) is 5.73 Å². The summed E-state index contributed by atoms with van der Waals surface area (Å²) in [5, 5.41) is 15.0. The maximum absolute atomic E-state index is 14.9. The van der Waals surface area contributed by atoms with Gasteiger partial charge < -0.3 is 11.1 Å². The largest absolute Gasteiger partial charge is 0.375 e. The normalized spacial score (nSPS) is 14.7. The molecule has 13 heteroatoms. The minimum Gasteiger partial charge on any atom is -0.375 e. The first kappa shape index (κ1) is 23.6. The Kier molecular flexibility index (Phi) is 8.11. The molecule has 2 amide bonds. The lowest BCUT2D eigenvalue weighted by molar-refractivity contribution is -0.154. The van der Waals surface area contributed by atoms with E-state index in [9.17, 15) is 19.2 Å². The number of hydrazine groups is 1. The third-order valence-corrected chi connectivity index (χ3v) is 5.99. The zero-order valence-corrected chi connectivity index (χ0v) is 18.5. The summed E-state index contributed by atoms with van der Waals surface area (Å²) >= 11 is 1.28. The van der Waals surface area contributed by atoms with Gasteiger partial charge in [-0.2, -0.15) is 4.39 Å². The second-order valence-corrected chi connectivity index (χ2v) is 8.63. The number of nitrogen functional groups attached to an aromatic ring is 1. The van der Waals surface area contributed by atoms with Gasteiger partial charge in [0.05, 0.1) is 24.7 Å². The number of nitrogens with one attached hydrogen (secondary N) is 3. The number of thiazole rings is 1. The van der Waals surface area contributed by atoms with Crippen LogP contribution in [0.15, 0.2) is 5.38 Å². The molecular weight excluding hydrogens is 439 g/mol. The van der Waals surface area contributed by atoms with Gasteiger partial charge in [0.1, 0.15) is 5.82 Å². The number of hydroxylamine groups is 2. The minimum atomic E-state index is -0.775. The Balaban J connectivity index is 1.64. The monoisotopic (exact) mass is 466 g/mol. The predicted molar refractivity (Wildman–Crippen MR) is 117 cm³/mol. The smallest absolute Gasteiger partial charge is 0.243 e. The van der Waals surface area contributed by atoms with Crippen molar-refractivity contribution in [2.75, 3.05) is 23.0 Å². The summed E-state index contributed by atoms with van der Waals surface area (Å²) in [5.74, 6) is -1.52. The van der Waals surface area contributed by atoms with Crippen molar-refractivity contribution in [2.24, 2.45) is 11.8 Å².